The van der Waals surface area contributed by atoms with Crippen LogP contribution in [0.1, 0.15) is 31.0 Å². The highest BCUT2D eigenvalue weighted by molar-refractivity contribution is 6.03. The molecule has 138 valence electrons. The van der Waals surface area contributed by atoms with Crippen LogP contribution in [0, 0.1) is 10.1 Å². The number of carbonyl (C=O) groups excluding carboxylic acids is 1. The molecule has 7 nitrogen and oxygen atoms in total. The molecule has 2 aromatic rings. The summed E-state index contributed by atoms with van der Waals surface area (Å²) >= 11 is 0. The summed E-state index contributed by atoms with van der Waals surface area (Å²) in [5, 5.41) is 14.6. The zero-order valence-corrected chi connectivity index (χ0v) is 15.0. The Morgan fingerprint density at radius 2 is 1.85 bits per heavy atom. The van der Waals surface area contributed by atoms with Gasteiger partial charge in [0.2, 0.25) is 0 Å². The second-order valence-electron chi connectivity index (χ2n) is 5.95. The van der Waals surface area contributed by atoms with Crippen LogP contribution in [0.4, 0.5) is 5.69 Å². The Kier molecular flexibility index (Phi) is 5.30. The Hall–Kier alpha value is -3.48. The number of benzene rings is 2. The number of allylic oxidation sites excluding steroid dienone is 1. The predicted octanol–water partition coefficient (Wildman–Crippen LogP) is 3.52. The number of carbonyl (C=O) groups is 1. The number of nitro groups is 1. The second kappa shape index (κ2) is 7.82. The van der Waals surface area contributed by atoms with Crippen LogP contribution in [-0.2, 0) is 9.53 Å². The minimum Gasteiger partial charge on any atom is -0.463 e. The van der Waals surface area contributed by atoms with Gasteiger partial charge in [0, 0.05) is 17.3 Å². The number of hydrogen-bond donors (Lipinski definition) is 1. The first-order valence-corrected chi connectivity index (χ1v) is 8.54. The van der Waals surface area contributed by atoms with Gasteiger partial charge in [0.25, 0.3) is 5.69 Å². The van der Waals surface area contributed by atoms with E-state index < -0.39 is 16.9 Å². The summed E-state index contributed by atoms with van der Waals surface area (Å²) in [5.41, 5.74) is 1.91. The summed E-state index contributed by atoms with van der Waals surface area (Å²) in [6, 6.07) is 14.9. The number of ether oxygens (including phenoxy) is 1. The third-order valence-electron chi connectivity index (χ3n) is 4.21. The standard InChI is InChI=1S/C20H19N3O4/c1-3-27-20(24)17-13(2)21-19(14-9-5-4-6-10-14)22-18(17)15-11-7-8-12-16(15)23(25)26/h4-12,18H,3H2,1-2H3,(H,21,22). The third kappa shape index (κ3) is 3.72. The van der Waals surface area contributed by atoms with E-state index in [9.17, 15) is 14.9 Å². The molecular weight excluding hydrogens is 346 g/mol. The lowest BCUT2D eigenvalue weighted by atomic mass is 9.94. The molecule has 0 bridgehead atoms. The van der Waals surface area contributed by atoms with Crippen molar-refractivity contribution in [3.8, 4) is 0 Å². The number of nitrogens with zero attached hydrogens (tertiary/aromatic N) is 2. The quantitative estimate of drug-likeness (QED) is 0.497. The van der Waals surface area contributed by atoms with Gasteiger partial charge in [0.15, 0.2) is 0 Å². The van der Waals surface area contributed by atoms with Crippen LogP contribution in [0.25, 0.3) is 0 Å². The van der Waals surface area contributed by atoms with Gasteiger partial charge in [0.05, 0.1) is 22.7 Å². The molecule has 27 heavy (non-hydrogen) atoms. The van der Waals surface area contributed by atoms with Gasteiger partial charge in [-0.25, -0.2) is 4.79 Å². The number of esters is 1. The van der Waals surface area contributed by atoms with Gasteiger partial charge >= 0.3 is 5.97 Å². The lowest BCUT2D eigenvalue weighted by Crippen LogP contribution is -2.33. The number of rotatable bonds is 5. The van der Waals surface area contributed by atoms with Gasteiger partial charge in [-0.15, -0.1) is 0 Å². The van der Waals surface area contributed by atoms with Gasteiger partial charge in [-0.1, -0.05) is 42.5 Å². The predicted molar refractivity (Wildman–Crippen MR) is 101 cm³/mol. The lowest BCUT2D eigenvalue weighted by molar-refractivity contribution is -0.385. The number of para-hydroxylation sites is 1. The van der Waals surface area contributed by atoms with Gasteiger partial charge in [-0.3, -0.25) is 15.1 Å². The van der Waals surface area contributed by atoms with Crippen LogP contribution in [-0.4, -0.2) is 23.3 Å². The summed E-state index contributed by atoms with van der Waals surface area (Å²) in [4.78, 5) is 28.2. The summed E-state index contributed by atoms with van der Waals surface area (Å²) in [5.74, 6) is 0.00538. The van der Waals surface area contributed by atoms with E-state index in [1.165, 1.54) is 6.07 Å². The molecule has 0 amide bonds. The zero-order chi connectivity index (χ0) is 19.4. The van der Waals surface area contributed by atoms with Crippen molar-refractivity contribution in [2.24, 2.45) is 4.99 Å². The molecule has 1 aliphatic heterocycles. The second-order valence-corrected chi connectivity index (χ2v) is 5.95. The molecule has 0 aliphatic carbocycles. The van der Waals surface area contributed by atoms with Crippen molar-refractivity contribution in [3.63, 3.8) is 0 Å². The molecule has 0 spiro atoms. The van der Waals surface area contributed by atoms with E-state index in [2.05, 4.69) is 10.3 Å². The molecule has 1 atom stereocenters. The van der Waals surface area contributed by atoms with Crippen molar-refractivity contribution in [2.75, 3.05) is 6.61 Å². The number of nitro benzene ring substituents is 1. The number of amidine groups is 1. The summed E-state index contributed by atoms with van der Waals surface area (Å²) in [6.45, 7) is 3.66. The van der Waals surface area contributed by atoms with Gasteiger partial charge in [-0.05, 0) is 19.9 Å². The van der Waals surface area contributed by atoms with Crippen LogP contribution in [0.5, 0.6) is 0 Å². The van der Waals surface area contributed by atoms with Crippen molar-refractivity contribution in [3.05, 3.63) is 87.1 Å². The molecule has 1 heterocycles. The molecule has 0 aromatic heterocycles. The SMILES string of the molecule is CCOC(=O)C1=C(C)NC(c2ccccc2)=NC1c1ccccc1[N+](=O)[O-]. The molecule has 0 radical (unpaired) electrons. The monoisotopic (exact) mass is 365 g/mol. The van der Waals surface area contributed by atoms with Crippen LogP contribution >= 0.6 is 0 Å². The molecule has 1 unspecified atom stereocenters. The number of aliphatic imine (C=N–C) groups is 1. The molecule has 2 aromatic carbocycles. The summed E-state index contributed by atoms with van der Waals surface area (Å²) < 4.78 is 5.17. The maximum Gasteiger partial charge on any atom is 0.338 e. The smallest absolute Gasteiger partial charge is 0.338 e. The topological polar surface area (TPSA) is 93.8 Å². The van der Waals surface area contributed by atoms with E-state index in [0.717, 1.165) is 5.56 Å². The van der Waals surface area contributed by atoms with E-state index in [-0.39, 0.29) is 17.9 Å². The van der Waals surface area contributed by atoms with Crippen LogP contribution in [0.15, 0.2) is 70.9 Å². The van der Waals surface area contributed by atoms with Gasteiger partial charge in [0.1, 0.15) is 11.9 Å². The van der Waals surface area contributed by atoms with Crippen LogP contribution < -0.4 is 5.32 Å². The van der Waals surface area contributed by atoms with Crippen LogP contribution in [0.2, 0.25) is 0 Å². The Bertz CT molecular complexity index is 935. The molecular formula is C20H19N3O4. The fraction of sp³-hybridized carbons (Fsp3) is 0.200. The lowest BCUT2D eigenvalue weighted by Gasteiger charge is -2.26. The molecule has 0 saturated heterocycles. The molecule has 1 aliphatic rings. The normalized spacial score (nSPS) is 16.4. The molecule has 3 rings (SSSR count). The molecule has 7 heteroatoms. The molecule has 0 saturated carbocycles. The first kappa shape index (κ1) is 18.3. The van der Waals surface area contributed by atoms with Crippen molar-refractivity contribution in [2.45, 2.75) is 19.9 Å². The first-order chi connectivity index (χ1) is 13.0. The first-order valence-electron chi connectivity index (χ1n) is 8.54. The fourth-order valence-corrected chi connectivity index (χ4v) is 3.00. The van der Waals surface area contributed by atoms with Crippen molar-refractivity contribution >= 4 is 17.5 Å². The molecule has 1 N–H and O–H groups in total. The zero-order valence-electron chi connectivity index (χ0n) is 15.0. The van der Waals surface area contributed by atoms with Crippen molar-refractivity contribution in [1.29, 1.82) is 0 Å². The minimum absolute atomic E-state index is 0.0878. The van der Waals surface area contributed by atoms with E-state index in [4.69, 9.17) is 4.74 Å². The van der Waals surface area contributed by atoms with Crippen LogP contribution in [0.3, 0.4) is 0 Å². The van der Waals surface area contributed by atoms with Crippen molar-refractivity contribution < 1.29 is 14.5 Å². The Morgan fingerprint density at radius 3 is 2.52 bits per heavy atom. The Labute approximate surface area is 156 Å². The minimum atomic E-state index is -0.831. The Balaban J connectivity index is 2.16. The third-order valence-corrected chi connectivity index (χ3v) is 4.21. The Morgan fingerprint density at radius 1 is 1.19 bits per heavy atom. The number of hydrogen-bond acceptors (Lipinski definition) is 6. The highest BCUT2D eigenvalue weighted by Crippen LogP contribution is 2.36. The largest absolute Gasteiger partial charge is 0.463 e. The van der Waals surface area contributed by atoms with E-state index in [1.54, 1.807) is 32.0 Å². The van der Waals surface area contributed by atoms with E-state index in [1.807, 2.05) is 30.3 Å². The molecule has 0 fully saturated rings. The van der Waals surface area contributed by atoms with Gasteiger partial charge in [-0.2, -0.15) is 0 Å². The summed E-state index contributed by atoms with van der Waals surface area (Å²) in [7, 11) is 0. The van der Waals surface area contributed by atoms with E-state index >= 15 is 0 Å². The van der Waals surface area contributed by atoms with Crippen molar-refractivity contribution in [1.82, 2.24) is 5.32 Å². The number of nitrogens with one attached hydrogen (secondary N) is 1. The maximum atomic E-state index is 12.6. The summed E-state index contributed by atoms with van der Waals surface area (Å²) in [6.07, 6.45) is 0. The van der Waals surface area contributed by atoms with E-state index in [0.29, 0.717) is 17.1 Å². The highest BCUT2D eigenvalue weighted by Gasteiger charge is 2.34. The fourth-order valence-electron chi connectivity index (χ4n) is 3.00. The maximum absolute atomic E-state index is 12.6. The highest BCUT2D eigenvalue weighted by atomic mass is 16.6. The average molecular weight is 365 g/mol. The van der Waals surface area contributed by atoms with Gasteiger partial charge < -0.3 is 10.1 Å². The average Bonchev–Trinajstić information content (AvgIpc) is 2.68.